The van der Waals surface area contributed by atoms with E-state index in [1.54, 1.807) is 0 Å². The smallest absolute Gasteiger partial charge is 0.185 e. The second-order valence-electron chi connectivity index (χ2n) is 6.37. The van der Waals surface area contributed by atoms with Gasteiger partial charge in [0.2, 0.25) is 0 Å². The van der Waals surface area contributed by atoms with E-state index >= 15 is 0 Å². The Balaban J connectivity index is 2.68. The average Bonchev–Trinajstić information content (AvgIpc) is 2.79. The lowest BCUT2D eigenvalue weighted by molar-refractivity contribution is 0.416. The molecule has 0 bridgehead atoms. The number of anilines is 1. The molecule has 0 saturated carbocycles. The molecule has 0 aliphatic rings. The van der Waals surface area contributed by atoms with Crippen LogP contribution in [0, 0.1) is 5.92 Å². The Morgan fingerprint density at radius 2 is 1.90 bits per heavy atom. The van der Waals surface area contributed by atoms with Gasteiger partial charge in [-0.3, -0.25) is 0 Å². The molecule has 0 atom stereocenters. The van der Waals surface area contributed by atoms with Gasteiger partial charge in [-0.1, -0.05) is 27.2 Å². The molecule has 21 heavy (non-hydrogen) atoms. The molecule has 0 unspecified atom stereocenters. The number of rotatable bonds is 10. The highest BCUT2D eigenvalue weighted by Crippen LogP contribution is 2.26. The number of hydrogen-bond acceptors (Lipinski definition) is 5. The zero-order valence-electron chi connectivity index (χ0n) is 14.6. The van der Waals surface area contributed by atoms with Crippen molar-refractivity contribution in [1.29, 1.82) is 0 Å². The van der Waals surface area contributed by atoms with Crippen molar-refractivity contribution in [3.05, 3.63) is 10.6 Å². The second kappa shape index (κ2) is 9.38. The molecule has 0 fully saturated rings. The molecule has 0 spiro atoms. The summed E-state index contributed by atoms with van der Waals surface area (Å²) in [7, 11) is 6.36. The number of likely N-dealkylation sites (N-methyl/N-ethyl adjacent to an activating group) is 2. The highest BCUT2D eigenvalue weighted by atomic mass is 32.1. The molecule has 0 radical (unpaired) electrons. The van der Waals surface area contributed by atoms with E-state index in [1.807, 2.05) is 11.3 Å². The average molecular weight is 313 g/mol. The number of nitrogens with one attached hydrogen (secondary N) is 1. The summed E-state index contributed by atoms with van der Waals surface area (Å²) < 4.78 is 0. The van der Waals surface area contributed by atoms with E-state index in [0.29, 0.717) is 5.92 Å². The molecule has 1 heterocycles. The molecule has 5 heteroatoms. The van der Waals surface area contributed by atoms with Crippen LogP contribution < -0.4 is 10.2 Å². The Morgan fingerprint density at radius 1 is 1.19 bits per heavy atom. The Labute approximate surface area is 134 Å². The van der Waals surface area contributed by atoms with Crippen molar-refractivity contribution in [2.24, 2.45) is 5.92 Å². The van der Waals surface area contributed by atoms with Crippen LogP contribution in [0.25, 0.3) is 0 Å². The van der Waals surface area contributed by atoms with Gasteiger partial charge in [-0.15, -0.1) is 11.3 Å². The lowest BCUT2D eigenvalue weighted by Gasteiger charge is -2.18. The SMILES string of the molecule is CCCc1nc(N(C)CCN(C)C)sc1CNCC(C)C. The summed E-state index contributed by atoms with van der Waals surface area (Å²) in [6.45, 7) is 10.8. The van der Waals surface area contributed by atoms with Crippen LogP contribution in [-0.4, -0.2) is 50.7 Å². The largest absolute Gasteiger partial charge is 0.350 e. The van der Waals surface area contributed by atoms with E-state index < -0.39 is 0 Å². The molecule has 0 saturated heterocycles. The number of nitrogens with zero attached hydrogens (tertiary/aromatic N) is 3. The maximum absolute atomic E-state index is 4.86. The summed E-state index contributed by atoms with van der Waals surface area (Å²) >= 11 is 1.84. The van der Waals surface area contributed by atoms with Crippen molar-refractivity contribution < 1.29 is 0 Å². The fraction of sp³-hybridized carbons (Fsp3) is 0.812. The fourth-order valence-electron chi connectivity index (χ4n) is 2.02. The van der Waals surface area contributed by atoms with Crippen molar-refractivity contribution in [3.63, 3.8) is 0 Å². The first-order valence-corrected chi connectivity index (χ1v) is 8.80. The summed E-state index contributed by atoms with van der Waals surface area (Å²) in [5, 5.41) is 4.70. The van der Waals surface area contributed by atoms with Gasteiger partial charge < -0.3 is 15.1 Å². The number of aromatic nitrogens is 1. The van der Waals surface area contributed by atoms with Crippen LogP contribution in [0.2, 0.25) is 0 Å². The maximum atomic E-state index is 4.86. The van der Waals surface area contributed by atoms with E-state index in [9.17, 15) is 0 Å². The molecule has 1 aromatic heterocycles. The first-order valence-electron chi connectivity index (χ1n) is 7.99. The van der Waals surface area contributed by atoms with E-state index in [0.717, 1.165) is 44.2 Å². The zero-order chi connectivity index (χ0) is 15.8. The van der Waals surface area contributed by atoms with E-state index in [2.05, 4.69) is 57.0 Å². The Hall–Kier alpha value is -0.650. The minimum Gasteiger partial charge on any atom is -0.350 e. The highest BCUT2D eigenvalue weighted by Gasteiger charge is 2.13. The Morgan fingerprint density at radius 3 is 2.48 bits per heavy atom. The molecule has 0 aliphatic heterocycles. The molecule has 0 amide bonds. The van der Waals surface area contributed by atoms with E-state index in [-0.39, 0.29) is 0 Å². The van der Waals surface area contributed by atoms with Crippen LogP contribution in [0.3, 0.4) is 0 Å². The predicted octanol–water partition coefficient (Wildman–Crippen LogP) is 2.84. The number of hydrogen-bond donors (Lipinski definition) is 1. The minimum absolute atomic E-state index is 0.690. The van der Waals surface area contributed by atoms with Crippen LogP contribution in [0.5, 0.6) is 0 Å². The highest BCUT2D eigenvalue weighted by molar-refractivity contribution is 7.15. The summed E-state index contributed by atoms with van der Waals surface area (Å²) in [6.07, 6.45) is 2.23. The summed E-state index contributed by atoms with van der Waals surface area (Å²) in [4.78, 5) is 10.8. The van der Waals surface area contributed by atoms with Crippen molar-refractivity contribution in [2.75, 3.05) is 45.7 Å². The van der Waals surface area contributed by atoms with Gasteiger partial charge >= 0.3 is 0 Å². The molecule has 0 aromatic carbocycles. The second-order valence-corrected chi connectivity index (χ2v) is 7.43. The minimum atomic E-state index is 0.690. The van der Waals surface area contributed by atoms with Gasteiger partial charge in [-0.25, -0.2) is 4.98 Å². The van der Waals surface area contributed by atoms with E-state index in [1.165, 1.54) is 10.6 Å². The number of thiazole rings is 1. The third-order valence-corrected chi connectivity index (χ3v) is 4.51. The van der Waals surface area contributed by atoms with Crippen molar-refractivity contribution in [2.45, 2.75) is 40.2 Å². The molecule has 4 nitrogen and oxygen atoms in total. The van der Waals surface area contributed by atoms with Crippen LogP contribution in [0.1, 0.15) is 37.8 Å². The lowest BCUT2D eigenvalue weighted by Crippen LogP contribution is -2.28. The van der Waals surface area contributed by atoms with Gasteiger partial charge in [0.05, 0.1) is 5.69 Å². The monoisotopic (exact) mass is 312 g/mol. The van der Waals surface area contributed by atoms with Gasteiger partial charge in [-0.05, 0) is 33.0 Å². The molecular formula is C16H32N4S. The molecule has 1 aromatic rings. The summed E-state index contributed by atoms with van der Waals surface area (Å²) in [5.74, 6) is 0.690. The summed E-state index contributed by atoms with van der Waals surface area (Å²) in [5.41, 5.74) is 1.28. The normalized spacial score (nSPS) is 11.6. The zero-order valence-corrected chi connectivity index (χ0v) is 15.4. The van der Waals surface area contributed by atoms with Gasteiger partial charge in [0.25, 0.3) is 0 Å². The molecule has 0 aliphatic carbocycles. The first-order chi connectivity index (χ1) is 9.93. The van der Waals surface area contributed by atoms with Crippen LogP contribution >= 0.6 is 11.3 Å². The van der Waals surface area contributed by atoms with E-state index in [4.69, 9.17) is 4.98 Å². The van der Waals surface area contributed by atoms with Gasteiger partial charge in [0.1, 0.15) is 0 Å². The van der Waals surface area contributed by atoms with Crippen molar-refractivity contribution in [3.8, 4) is 0 Å². The van der Waals surface area contributed by atoms with Crippen molar-refractivity contribution >= 4 is 16.5 Å². The quantitative estimate of drug-likeness (QED) is 0.720. The van der Waals surface area contributed by atoms with Gasteiger partial charge in [0.15, 0.2) is 5.13 Å². The first kappa shape index (κ1) is 18.4. The Bertz CT molecular complexity index is 401. The predicted molar refractivity (Wildman–Crippen MR) is 94.5 cm³/mol. The van der Waals surface area contributed by atoms with Gasteiger partial charge in [0, 0.05) is 31.6 Å². The Kier molecular flexibility index (Phi) is 8.22. The third-order valence-electron chi connectivity index (χ3n) is 3.30. The van der Waals surface area contributed by atoms with Crippen molar-refractivity contribution in [1.82, 2.24) is 15.2 Å². The fourth-order valence-corrected chi connectivity index (χ4v) is 3.09. The molecule has 122 valence electrons. The topological polar surface area (TPSA) is 31.4 Å². The van der Waals surface area contributed by atoms with Gasteiger partial charge in [-0.2, -0.15) is 0 Å². The van der Waals surface area contributed by atoms with Crippen LogP contribution in [0.4, 0.5) is 5.13 Å². The van der Waals surface area contributed by atoms with Crippen LogP contribution in [-0.2, 0) is 13.0 Å². The molecule has 1 rings (SSSR count). The maximum Gasteiger partial charge on any atom is 0.185 e. The lowest BCUT2D eigenvalue weighted by atomic mass is 10.2. The van der Waals surface area contributed by atoms with Crippen LogP contribution in [0.15, 0.2) is 0 Å². The number of aryl methyl sites for hydroxylation is 1. The standard InChI is InChI=1S/C16H32N4S/c1-7-8-14-15(12-17-11-13(2)3)21-16(18-14)20(6)10-9-19(4)5/h13,17H,7-12H2,1-6H3. The molecular weight excluding hydrogens is 280 g/mol. The third kappa shape index (κ3) is 6.76. The molecule has 1 N–H and O–H groups in total. The summed E-state index contributed by atoms with van der Waals surface area (Å²) in [6, 6.07) is 0.